The molecule has 1 rings (SSSR count). The van der Waals surface area contributed by atoms with Crippen LogP contribution >= 0.6 is 0 Å². The third-order valence-electron chi connectivity index (χ3n) is 2.95. The normalized spacial score (nSPS) is 14.3. The lowest BCUT2D eigenvalue weighted by Crippen LogP contribution is -2.38. The predicted molar refractivity (Wildman–Crippen MR) is 72.8 cm³/mol. The minimum atomic E-state index is -0.531. The molecule has 0 amide bonds. The molecule has 0 fully saturated rings. The second kappa shape index (κ2) is 7.17. The van der Waals surface area contributed by atoms with Crippen molar-refractivity contribution in [3.05, 3.63) is 35.9 Å². The highest BCUT2D eigenvalue weighted by atomic mass is 16.5. The van der Waals surface area contributed by atoms with Crippen LogP contribution in [0.1, 0.15) is 32.8 Å². The first-order chi connectivity index (χ1) is 8.50. The van der Waals surface area contributed by atoms with E-state index in [1.807, 2.05) is 37.3 Å². The molecule has 18 heavy (non-hydrogen) atoms. The first-order valence-corrected chi connectivity index (χ1v) is 6.47. The van der Waals surface area contributed by atoms with E-state index in [4.69, 9.17) is 10.5 Å². The molecule has 0 radical (unpaired) electrons. The monoisotopic (exact) mass is 249 g/mol. The van der Waals surface area contributed by atoms with E-state index < -0.39 is 6.04 Å². The Morgan fingerprint density at radius 3 is 2.39 bits per heavy atom. The van der Waals surface area contributed by atoms with Crippen molar-refractivity contribution in [2.45, 2.75) is 39.8 Å². The zero-order chi connectivity index (χ0) is 13.5. The highest BCUT2D eigenvalue weighted by Gasteiger charge is 2.22. The van der Waals surface area contributed by atoms with Gasteiger partial charge >= 0.3 is 5.97 Å². The summed E-state index contributed by atoms with van der Waals surface area (Å²) in [5.41, 5.74) is 6.88. The molecule has 2 atom stereocenters. The third-order valence-corrected chi connectivity index (χ3v) is 2.95. The summed E-state index contributed by atoms with van der Waals surface area (Å²) in [5, 5.41) is 0. The van der Waals surface area contributed by atoms with E-state index in [0.29, 0.717) is 12.5 Å². The Hall–Kier alpha value is -1.35. The van der Waals surface area contributed by atoms with Crippen molar-refractivity contribution in [1.29, 1.82) is 0 Å². The molecule has 3 heteroatoms. The van der Waals surface area contributed by atoms with Crippen LogP contribution in [0.2, 0.25) is 0 Å². The highest BCUT2D eigenvalue weighted by molar-refractivity contribution is 5.75. The number of ether oxygens (including phenoxy) is 1. The standard InChI is InChI=1S/C15H23NO2/c1-11(2)9-12(3)14(16)15(17)18-10-13-7-5-4-6-8-13/h4-8,11-12,14H,9-10,16H2,1-3H3. The topological polar surface area (TPSA) is 52.3 Å². The molecule has 2 N–H and O–H groups in total. The van der Waals surface area contributed by atoms with Gasteiger partial charge in [-0.1, -0.05) is 51.1 Å². The average molecular weight is 249 g/mol. The van der Waals surface area contributed by atoms with Crippen molar-refractivity contribution in [1.82, 2.24) is 0 Å². The Kier molecular flexibility index (Phi) is 5.86. The third kappa shape index (κ3) is 4.88. The molecule has 0 aliphatic heterocycles. The fourth-order valence-corrected chi connectivity index (χ4v) is 1.95. The molecule has 0 aliphatic rings. The Bertz CT molecular complexity index is 362. The number of nitrogens with two attached hydrogens (primary N) is 1. The Morgan fingerprint density at radius 1 is 1.22 bits per heavy atom. The summed E-state index contributed by atoms with van der Waals surface area (Å²) in [5.74, 6) is 0.369. The molecule has 0 saturated heterocycles. The van der Waals surface area contributed by atoms with Gasteiger partial charge in [-0.05, 0) is 23.8 Å². The van der Waals surface area contributed by atoms with Crippen LogP contribution in [0.4, 0.5) is 0 Å². The Morgan fingerprint density at radius 2 is 1.83 bits per heavy atom. The van der Waals surface area contributed by atoms with E-state index in [2.05, 4.69) is 13.8 Å². The summed E-state index contributed by atoms with van der Waals surface area (Å²) >= 11 is 0. The minimum absolute atomic E-state index is 0.147. The molecule has 0 saturated carbocycles. The van der Waals surface area contributed by atoms with Gasteiger partial charge in [-0.15, -0.1) is 0 Å². The summed E-state index contributed by atoms with van der Waals surface area (Å²) in [6.07, 6.45) is 0.932. The van der Waals surface area contributed by atoms with Crippen molar-refractivity contribution < 1.29 is 9.53 Å². The van der Waals surface area contributed by atoms with Gasteiger partial charge in [0.1, 0.15) is 12.6 Å². The summed E-state index contributed by atoms with van der Waals surface area (Å²) in [7, 11) is 0. The number of benzene rings is 1. The summed E-state index contributed by atoms with van der Waals surface area (Å²) < 4.78 is 5.23. The van der Waals surface area contributed by atoms with Gasteiger partial charge in [0.15, 0.2) is 0 Å². The van der Waals surface area contributed by atoms with E-state index in [1.54, 1.807) is 0 Å². The van der Waals surface area contributed by atoms with Gasteiger partial charge in [-0.25, -0.2) is 0 Å². The summed E-state index contributed by atoms with van der Waals surface area (Å²) in [4.78, 5) is 11.8. The molecule has 0 spiro atoms. The van der Waals surface area contributed by atoms with Gasteiger partial charge in [0, 0.05) is 0 Å². The van der Waals surface area contributed by atoms with E-state index >= 15 is 0 Å². The van der Waals surface area contributed by atoms with Crippen molar-refractivity contribution >= 4 is 5.97 Å². The van der Waals surface area contributed by atoms with Crippen LogP contribution in [-0.2, 0) is 16.1 Å². The van der Waals surface area contributed by atoms with Gasteiger partial charge in [0.25, 0.3) is 0 Å². The quantitative estimate of drug-likeness (QED) is 0.789. The zero-order valence-corrected chi connectivity index (χ0v) is 11.4. The van der Waals surface area contributed by atoms with Crippen LogP contribution in [0.5, 0.6) is 0 Å². The van der Waals surface area contributed by atoms with E-state index in [0.717, 1.165) is 12.0 Å². The number of rotatable bonds is 6. The fraction of sp³-hybridized carbons (Fsp3) is 0.533. The van der Waals surface area contributed by atoms with Crippen LogP contribution in [0.25, 0.3) is 0 Å². The van der Waals surface area contributed by atoms with Gasteiger partial charge in [-0.3, -0.25) is 4.79 Å². The number of esters is 1. The highest BCUT2D eigenvalue weighted by Crippen LogP contribution is 2.15. The SMILES string of the molecule is CC(C)CC(C)C(N)C(=O)OCc1ccccc1. The molecule has 100 valence electrons. The van der Waals surface area contributed by atoms with Crippen molar-refractivity contribution in [3.8, 4) is 0 Å². The fourth-order valence-electron chi connectivity index (χ4n) is 1.95. The predicted octanol–water partition coefficient (Wildman–Crippen LogP) is 2.74. The van der Waals surface area contributed by atoms with E-state index in [-0.39, 0.29) is 11.9 Å². The minimum Gasteiger partial charge on any atom is -0.460 e. The number of hydrogen-bond acceptors (Lipinski definition) is 3. The van der Waals surface area contributed by atoms with Crippen molar-refractivity contribution in [3.63, 3.8) is 0 Å². The van der Waals surface area contributed by atoms with Crippen LogP contribution in [0, 0.1) is 11.8 Å². The maximum atomic E-state index is 11.8. The van der Waals surface area contributed by atoms with Gasteiger partial charge in [0.05, 0.1) is 0 Å². The second-order valence-electron chi connectivity index (χ2n) is 5.23. The van der Waals surface area contributed by atoms with Crippen LogP contribution in [0.3, 0.4) is 0 Å². The zero-order valence-electron chi connectivity index (χ0n) is 11.4. The largest absolute Gasteiger partial charge is 0.460 e. The number of carbonyl (C=O) groups is 1. The molecular weight excluding hydrogens is 226 g/mol. The van der Waals surface area contributed by atoms with Crippen LogP contribution in [-0.4, -0.2) is 12.0 Å². The first-order valence-electron chi connectivity index (χ1n) is 6.47. The molecule has 0 aliphatic carbocycles. The molecule has 0 bridgehead atoms. The van der Waals surface area contributed by atoms with Gasteiger partial charge in [-0.2, -0.15) is 0 Å². The maximum Gasteiger partial charge on any atom is 0.323 e. The van der Waals surface area contributed by atoms with Crippen molar-refractivity contribution in [2.75, 3.05) is 0 Å². The first kappa shape index (κ1) is 14.7. The molecule has 0 heterocycles. The lowest BCUT2D eigenvalue weighted by Gasteiger charge is -2.20. The molecule has 1 aromatic carbocycles. The number of carbonyl (C=O) groups excluding carboxylic acids is 1. The molecule has 0 aromatic heterocycles. The van der Waals surface area contributed by atoms with Crippen molar-refractivity contribution in [2.24, 2.45) is 17.6 Å². The molecule has 3 nitrogen and oxygen atoms in total. The van der Waals surface area contributed by atoms with Crippen LogP contribution < -0.4 is 5.73 Å². The lowest BCUT2D eigenvalue weighted by molar-refractivity contribution is -0.147. The summed E-state index contributed by atoms with van der Waals surface area (Å²) in [6.45, 7) is 6.53. The maximum absolute atomic E-state index is 11.8. The number of hydrogen-bond donors (Lipinski definition) is 1. The molecule has 1 aromatic rings. The van der Waals surface area contributed by atoms with E-state index in [9.17, 15) is 4.79 Å². The summed E-state index contributed by atoms with van der Waals surface area (Å²) in [6, 6.07) is 9.10. The molecule has 2 unspecified atom stereocenters. The van der Waals surface area contributed by atoms with Gasteiger partial charge < -0.3 is 10.5 Å². The van der Waals surface area contributed by atoms with E-state index in [1.165, 1.54) is 0 Å². The molecular formula is C15H23NO2. The van der Waals surface area contributed by atoms with Gasteiger partial charge in [0.2, 0.25) is 0 Å². The Labute approximate surface area is 109 Å². The Balaban J connectivity index is 2.40. The average Bonchev–Trinajstić information content (AvgIpc) is 2.35. The lowest BCUT2D eigenvalue weighted by atomic mass is 9.93. The second-order valence-corrected chi connectivity index (χ2v) is 5.23. The smallest absolute Gasteiger partial charge is 0.323 e. The van der Waals surface area contributed by atoms with Crippen LogP contribution in [0.15, 0.2) is 30.3 Å².